The number of benzene rings is 1. The molecule has 0 aliphatic heterocycles. The van der Waals surface area contributed by atoms with Gasteiger partial charge in [-0.3, -0.25) is 9.48 Å². The highest BCUT2D eigenvalue weighted by atomic mass is 79.9. The van der Waals surface area contributed by atoms with Gasteiger partial charge < -0.3 is 0 Å². The maximum Gasteiger partial charge on any atom is 0.152 e. The Bertz CT molecular complexity index is 476. The van der Waals surface area contributed by atoms with Gasteiger partial charge in [0.2, 0.25) is 0 Å². The minimum absolute atomic E-state index is 0.665. The predicted octanol–water partition coefficient (Wildman–Crippen LogP) is 2.15. The number of hydrogen-bond acceptors (Lipinski definition) is 2. The molecule has 0 saturated carbocycles. The van der Waals surface area contributed by atoms with Crippen molar-refractivity contribution in [1.82, 2.24) is 9.78 Å². The molecule has 0 N–H and O–H groups in total. The van der Waals surface area contributed by atoms with Gasteiger partial charge in [0.25, 0.3) is 0 Å². The summed E-state index contributed by atoms with van der Waals surface area (Å²) in [5.74, 6) is 0. The van der Waals surface area contributed by atoms with E-state index >= 15 is 0 Å². The second-order valence-electron chi connectivity index (χ2n) is 2.78. The van der Waals surface area contributed by atoms with Gasteiger partial charge >= 0.3 is 0 Å². The Balaban J connectivity index is 2.96. The number of nitrogens with zero attached hydrogens (tertiary/aromatic N) is 2. The Kier molecular flexibility index (Phi) is 1.92. The highest BCUT2D eigenvalue weighted by Gasteiger charge is 2.08. The number of aryl methyl sites for hydroxylation is 1. The van der Waals surface area contributed by atoms with Gasteiger partial charge in [0.05, 0.1) is 5.52 Å². The van der Waals surface area contributed by atoms with Crippen molar-refractivity contribution in [1.29, 1.82) is 0 Å². The van der Waals surface area contributed by atoms with E-state index in [0.29, 0.717) is 5.56 Å². The summed E-state index contributed by atoms with van der Waals surface area (Å²) < 4.78 is 2.47. The molecule has 1 heterocycles. The topological polar surface area (TPSA) is 34.9 Å². The number of fused-ring (bicyclic) bond motifs is 1. The number of hydrogen-bond donors (Lipinski definition) is 0. The molecule has 3 nitrogen and oxygen atoms in total. The molecule has 0 saturated heterocycles. The van der Waals surface area contributed by atoms with Gasteiger partial charge in [-0.2, -0.15) is 5.10 Å². The number of rotatable bonds is 1. The first-order valence-electron chi connectivity index (χ1n) is 3.80. The third kappa shape index (κ3) is 1.18. The second kappa shape index (κ2) is 2.96. The van der Waals surface area contributed by atoms with E-state index in [1.165, 1.54) is 0 Å². The molecule has 0 unspecified atom stereocenters. The van der Waals surface area contributed by atoms with Gasteiger partial charge in [0, 0.05) is 18.0 Å². The van der Waals surface area contributed by atoms with Crippen LogP contribution in [0.5, 0.6) is 0 Å². The van der Waals surface area contributed by atoms with E-state index in [-0.39, 0.29) is 0 Å². The number of carbonyl (C=O) groups is 1. The van der Waals surface area contributed by atoms with Crippen LogP contribution in [0.4, 0.5) is 0 Å². The van der Waals surface area contributed by atoms with Crippen molar-refractivity contribution in [3.05, 3.63) is 28.4 Å². The average molecular weight is 239 g/mol. The van der Waals surface area contributed by atoms with E-state index in [2.05, 4.69) is 21.0 Å². The minimum atomic E-state index is 0.665. The van der Waals surface area contributed by atoms with Gasteiger partial charge in [-0.25, -0.2) is 0 Å². The van der Waals surface area contributed by atoms with Gasteiger partial charge in [0.15, 0.2) is 6.29 Å². The van der Waals surface area contributed by atoms with E-state index in [4.69, 9.17) is 0 Å². The van der Waals surface area contributed by atoms with Crippen LogP contribution in [0, 0.1) is 0 Å². The van der Waals surface area contributed by atoms with Crippen LogP contribution in [0.2, 0.25) is 0 Å². The standard InChI is InChI=1S/C9H7BrN2O/c1-12-8-6(5-13)3-2-4-7(8)9(10)11-12/h2-5H,1H3. The first-order valence-corrected chi connectivity index (χ1v) is 4.59. The molecule has 13 heavy (non-hydrogen) atoms. The zero-order valence-electron chi connectivity index (χ0n) is 6.99. The van der Waals surface area contributed by atoms with Crippen molar-refractivity contribution < 1.29 is 4.79 Å². The second-order valence-corrected chi connectivity index (χ2v) is 3.53. The van der Waals surface area contributed by atoms with Crippen LogP contribution in [-0.4, -0.2) is 16.1 Å². The summed E-state index contributed by atoms with van der Waals surface area (Å²) in [7, 11) is 1.82. The summed E-state index contributed by atoms with van der Waals surface area (Å²) >= 11 is 3.33. The quantitative estimate of drug-likeness (QED) is 0.714. The molecule has 0 bridgehead atoms. The van der Waals surface area contributed by atoms with Crippen LogP contribution in [0.1, 0.15) is 10.4 Å². The number of carbonyl (C=O) groups excluding carboxylic acids is 1. The fraction of sp³-hybridized carbons (Fsp3) is 0.111. The van der Waals surface area contributed by atoms with Gasteiger partial charge in [-0.1, -0.05) is 6.07 Å². The number of aldehydes is 1. The molecule has 2 aromatic rings. The Hall–Kier alpha value is -1.16. The fourth-order valence-electron chi connectivity index (χ4n) is 1.42. The SMILES string of the molecule is Cn1nc(Br)c2cccc(C=O)c21. The normalized spacial score (nSPS) is 10.6. The molecule has 0 atom stereocenters. The third-order valence-corrected chi connectivity index (χ3v) is 2.56. The van der Waals surface area contributed by atoms with Crippen molar-refractivity contribution in [3.8, 4) is 0 Å². The van der Waals surface area contributed by atoms with E-state index < -0.39 is 0 Å². The molecule has 0 spiro atoms. The molecule has 1 aromatic carbocycles. The number of aromatic nitrogens is 2. The zero-order chi connectivity index (χ0) is 9.42. The summed E-state index contributed by atoms with van der Waals surface area (Å²) in [4.78, 5) is 10.7. The maximum absolute atomic E-state index is 10.7. The molecule has 1 aromatic heterocycles. The summed E-state index contributed by atoms with van der Waals surface area (Å²) in [5.41, 5.74) is 1.53. The highest BCUT2D eigenvalue weighted by molar-refractivity contribution is 9.10. The molecule has 4 heteroatoms. The Morgan fingerprint density at radius 1 is 1.54 bits per heavy atom. The summed E-state index contributed by atoms with van der Waals surface area (Å²) in [5, 5.41) is 5.14. The molecule has 0 radical (unpaired) electrons. The largest absolute Gasteiger partial charge is 0.298 e. The molecule has 66 valence electrons. The van der Waals surface area contributed by atoms with E-state index in [9.17, 15) is 4.79 Å². The zero-order valence-corrected chi connectivity index (χ0v) is 8.58. The predicted molar refractivity (Wildman–Crippen MR) is 53.8 cm³/mol. The Morgan fingerprint density at radius 2 is 2.31 bits per heavy atom. The van der Waals surface area contributed by atoms with Gasteiger partial charge in [0.1, 0.15) is 4.60 Å². The summed E-state index contributed by atoms with van der Waals surface area (Å²) in [6.45, 7) is 0. The smallest absolute Gasteiger partial charge is 0.152 e. The molecular formula is C9H7BrN2O. The fourth-order valence-corrected chi connectivity index (χ4v) is 1.98. The molecule has 0 aliphatic rings. The monoisotopic (exact) mass is 238 g/mol. The van der Waals surface area contributed by atoms with Crippen LogP contribution in [0.3, 0.4) is 0 Å². The van der Waals surface area contributed by atoms with Crippen molar-refractivity contribution in [2.45, 2.75) is 0 Å². The first-order chi connectivity index (χ1) is 6.24. The number of halogens is 1. The summed E-state index contributed by atoms with van der Waals surface area (Å²) in [6, 6.07) is 5.56. The van der Waals surface area contributed by atoms with E-state index in [0.717, 1.165) is 21.8 Å². The van der Waals surface area contributed by atoms with Crippen LogP contribution in [0.25, 0.3) is 10.9 Å². The highest BCUT2D eigenvalue weighted by Crippen LogP contribution is 2.24. The van der Waals surface area contributed by atoms with Crippen molar-refractivity contribution in [3.63, 3.8) is 0 Å². The molecule has 0 fully saturated rings. The molecule has 0 amide bonds. The third-order valence-electron chi connectivity index (χ3n) is 1.98. The summed E-state index contributed by atoms with van der Waals surface area (Å²) in [6.07, 6.45) is 0.844. The van der Waals surface area contributed by atoms with Crippen LogP contribution in [-0.2, 0) is 7.05 Å². The van der Waals surface area contributed by atoms with Crippen LogP contribution >= 0.6 is 15.9 Å². The van der Waals surface area contributed by atoms with E-state index in [1.807, 2.05) is 19.2 Å². The van der Waals surface area contributed by atoms with Crippen molar-refractivity contribution >= 4 is 33.1 Å². The van der Waals surface area contributed by atoms with Crippen molar-refractivity contribution in [2.75, 3.05) is 0 Å². The van der Waals surface area contributed by atoms with Gasteiger partial charge in [-0.15, -0.1) is 0 Å². The van der Waals surface area contributed by atoms with E-state index in [1.54, 1.807) is 10.7 Å². The lowest BCUT2D eigenvalue weighted by Gasteiger charge is -1.96. The lowest BCUT2D eigenvalue weighted by Crippen LogP contribution is -1.92. The molecule has 0 aliphatic carbocycles. The lowest BCUT2D eigenvalue weighted by molar-refractivity contribution is 0.112. The molecule has 2 rings (SSSR count). The van der Waals surface area contributed by atoms with Crippen molar-refractivity contribution in [2.24, 2.45) is 7.05 Å². The minimum Gasteiger partial charge on any atom is -0.298 e. The number of para-hydroxylation sites is 1. The molecular weight excluding hydrogens is 232 g/mol. The lowest BCUT2D eigenvalue weighted by atomic mass is 10.2. The Morgan fingerprint density at radius 3 is 3.00 bits per heavy atom. The Labute approximate surface area is 83.5 Å². The first kappa shape index (κ1) is 8.44. The average Bonchev–Trinajstić information content (AvgIpc) is 2.43. The maximum atomic E-state index is 10.7. The van der Waals surface area contributed by atoms with Crippen LogP contribution in [0.15, 0.2) is 22.8 Å². The van der Waals surface area contributed by atoms with Crippen LogP contribution < -0.4 is 0 Å². The van der Waals surface area contributed by atoms with Gasteiger partial charge in [-0.05, 0) is 28.1 Å².